The molecular formula is C14H9BrO2S. The van der Waals surface area contributed by atoms with Crippen molar-refractivity contribution in [1.29, 1.82) is 0 Å². The Morgan fingerprint density at radius 2 is 2.22 bits per heavy atom. The van der Waals surface area contributed by atoms with Crippen molar-refractivity contribution in [3.8, 4) is 5.75 Å². The molecule has 0 unspecified atom stereocenters. The summed E-state index contributed by atoms with van der Waals surface area (Å²) in [5.74, 6) is 0.221. The summed E-state index contributed by atoms with van der Waals surface area (Å²) >= 11 is 4.99. The summed E-state index contributed by atoms with van der Waals surface area (Å²) < 4.78 is 1.04. The number of fused-ring (bicyclic) bond motifs is 1. The van der Waals surface area contributed by atoms with Crippen molar-refractivity contribution in [3.63, 3.8) is 0 Å². The molecule has 0 radical (unpaired) electrons. The van der Waals surface area contributed by atoms with Gasteiger partial charge in [-0.1, -0.05) is 12.1 Å². The third-order valence-corrected chi connectivity index (χ3v) is 4.51. The molecule has 0 fully saturated rings. The second-order valence-corrected chi connectivity index (χ2v) is 6.45. The first-order valence-electron chi connectivity index (χ1n) is 5.45. The summed E-state index contributed by atoms with van der Waals surface area (Å²) in [4.78, 5) is 12.2. The molecule has 2 nitrogen and oxygen atoms in total. The number of allylic oxidation sites excluding steroid dienone is 1. The van der Waals surface area contributed by atoms with E-state index in [1.807, 2.05) is 17.5 Å². The van der Waals surface area contributed by atoms with Gasteiger partial charge in [0.1, 0.15) is 5.75 Å². The highest BCUT2D eigenvalue weighted by molar-refractivity contribution is 9.11. The van der Waals surface area contributed by atoms with E-state index in [0.29, 0.717) is 12.0 Å². The van der Waals surface area contributed by atoms with E-state index >= 15 is 0 Å². The molecule has 18 heavy (non-hydrogen) atoms. The molecule has 1 N–H and O–H groups in total. The Hall–Kier alpha value is -1.39. The average Bonchev–Trinajstić information content (AvgIpc) is 2.88. The van der Waals surface area contributed by atoms with E-state index in [9.17, 15) is 9.90 Å². The van der Waals surface area contributed by atoms with Crippen LogP contribution in [0.3, 0.4) is 0 Å². The minimum atomic E-state index is 0.0169. The Balaban J connectivity index is 2.02. The largest absolute Gasteiger partial charge is 0.508 e. The molecule has 0 bridgehead atoms. The maximum Gasteiger partial charge on any atom is 0.189 e. The lowest BCUT2D eigenvalue weighted by atomic mass is 10.1. The standard InChI is InChI=1S/C14H9BrO2S/c15-13-5-8(7-18-13)4-9-6-11-10(14(9)17)2-1-3-12(11)16/h1-5,7,16H,6H2. The first-order chi connectivity index (χ1) is 8.65. The van der Waals surface area contributed by atoms with E-state index in [1.54, 1.807) is 29.5 Å². The summed E-state index contributed by atoms with van der Waals surface area (Å²) in [5, 5.41) is 11.7. The number of phenols is 1. The number of halogens is 1. The van der Waals surface area contributed by atoms with Gasteiger partial charge < -0.3 is 5.11 Å². The second kappa shape index (κ2) is 4.37. The lowest BCUT2D eigenvalue weighted by Gasteiger charge is -1.97. The third-order valence-electron chi connectivity index (χ3n) is 2.98. The topological polar surface area (TPSA) is 37.3 Å². The third kappa shape index (κ3) is 1.91. The summed E-state index contributed by atoms with van der Waals surface area (Å²) in [6.07, 6.45) is 2.40. The molecule has 90 valence electrons. The second-order valence-electron chi connectivity index (χ2n) is 4.16. The van der Waals surface area contributed by atoms with Crippen molar-refractivity contribution in [2.75, 3.05) is 0 Å². The molecule has 0 aliphatic heterocycles. The number of carbonyl (C=O) groups is 1. The van der Waals surface area contributed by atoms with E-state index in [4.69, 9.17) is 0 Å². The van der Waals surface area contributed by atoms with Crippen molar-refractivity contribution in [1.82, 2.24) is 0 Å². The molecular weight excluding hydrogens is 312 g/mol. The molecule has 0 amide bonds. The van der Waals surface area contributed by atoms with Gasteiger partial charge in [-0.25, -0.2) is 0 Å². The van der Waals surface area contributed by atoms with Crippen LogP contribution in [0.5, 0.6) is 5.75 Å². The summed E-state index contributed by atoms with van der Waals surface area (Å²) in [6.45, 7) is 0. The molecule has 1 aromatic carbocycles. The Morgan fingerprint density at radius 1 is 1.39 bits per heavy atom. The predicted octanol–water partition coefficient (Wildman–Crippen LogP) is 4.04. The van der Waals surface area contributed by atoms with Crippen LogP contribution < -0.4 is 0 Å². The number of Topliss-reactive ketones (excluding diaryl/α,β-unsaturated/α-hetero) is 1. The van der Waals surface area contributed by atoms with Crippen LogP contribution in [0.2, 0.25) is 0 Å². The van der Waals surface area contributed by atoms with Gasteiger partial charge in [-0.15, -0.1) is 11.3 Å². The summed E-state index contributed by atoms with van der Waals surface area (Å²) in [5.41, 5.74) is 3.11. The van der Waals surface area contributed by atoms with Crippen LogP contribution in [0, 0.1) is 0 Å². The molecule has 0 spiro atoms. The van der Waals surface area contributed by atoms with E-state index in [0.717, 1.165) is 20.5 Å². The fourth-order valence-corrected chi connectivity index (χ4v) is 3.27. The molecule has 1 heterocycles. The fraction of sp³-hybridized carbons (Fsp3) is 0.0714. The highest BCUT2D eigenvalue weighted by Crippen LogP contribution is 2.34. The number of benzene rings is 1. The van der Waals surface area contributed by atoms with Crippen LogP contribution in [-0.2, 0) is 6.42 Å². The number of ketones is 1. The first kappa shape index (κ1) is 11.7. The van der Waals surface area contributed by atoms with Gasteiger partial charge >= 0.3 is 0 Å². The van der Waals surface area contributed by atoms with E-state index in [2.05, 4.69) is 15.9 Å². The van der Waals surface area contributed by atoms with E-state index in [-0.39, 0.29) is 11.5 Å². The molecule has 0 atom stereocenters. The maximum atomic E-state index is 12.2. The van der Waals surface area contributed by atoms with Gasteiger partial charge in [0.05, 0.1) is 3.79 Å². The SMILES string of the molecule is O=C1C(=Cc2csc(Br)c2)Cc2c(O)cccc21. The van der Waals surface area contributed by atoms with Crippen LogP contribution in [-0.4, -0.2) is 10.9 Å². The van der Waals surface area contributed by atoms with Gasteiger partial charge in [0, 0.05) is 23.1 Å². The van der Waals surface area contributed by atoms with Crippen LogP contribution in [0.4, 0.5) is 0 Å². The summed E-state index contributed by atoms with van der Waals surface area (Å²) in [6, 6.07) is 7.07. The first-order valence-corrected chi connectivity index (χ1v) is 7.12. The molecule has 1 aromatic heterocycles. The number of rotatable bonds is 1. The smallest absolute Gasteiger partial charge is 0.189 e. The number of carbonyl (C=O) groups excluding carboxylic acids is 1. The zero-order valence-corrected chi connectivity index (χ0v) is 11.7. The van der Waals surface area contributed by atoms with Crippen molar-refractivity contribution in [2.24, 2.45) is 0 Å². The molecule has 0 saturated carbocycles. The zero-order chi connectivity index (χ0) is 12.7. The van der Waals surface area contributed by atoms with Gasteiger partial charge in [0.15, 0.2) is 5.78 Å². The number of aromatic hydroxyl groups is 1. The van der Waals surface area contributed by atoms with Gasteiger partial charge in [0.2, 0.25) is 0 Å². The lowest BCUT2D eigenvalue weighted by Crippen LogP contribution is -1.94. The van der Waals surface area contributed by atoms with Crippen LogP contribution in [0.15, 0.2) is 39.0 Å². The number of hydrogen-bond donors (Lipinski definition) is 1. The van der Waals surface area contributed by atoms with Crippen molar-refractivity contribution >= 4 is 39.1 Å². The number of phenolic OH excluding ortho intramolecular Hbond substituents is 1. The van der Waals surface area contributed by atoms with Crippen LogP contribution in [0.1, 0.15) is 21.5 Å². The number of thiophene rings is 1. The average molecular weight is 321 g/mol. The minimum Gasteiger partial charge on any atom is -0.508 e. The zero-order valence-electron chi connectivity index (χ0n) is 9.31. The minimum absolute atomic E-state index is 0.0169. The normalized spacial score (nSPS) is 16.3. The quantitative estimate of drug-likeness (QED) is 0.805. The van der Waals surface area contributed by atoms with Gasteiger partial charge in [0.25, 0.3) is 0 Å². The van der Waals surface area contributed by atoms with Crippen molar-refractivity contribution < 1.29 is 9.90 Å². The highest BCUT2D eigenvalue weighted by atomic mass is 79.9. The fourth-order valence-electron chi connectivity index (χ4n) is 2.13. The van der Waals surface area contributed by atoms with E-state index in [1.165, 1.54) is 0 Å². The lowest BCUT2D eigenvalue weighted by molar-refractivity contribution is 0.104. The summed E-state index contributed by atoms with van der Waals surface area (Å²) in [7, 11) is 0. The monoisotopic (exact) mass is 320 g/mol. The number of hydrogen-bond acceptors (Lipinski definition) is 3. The molecule has 2 aromatic rings. The van der Waals surface area contributed by atoms with Gasteiger partial charge in [-0.2, -0.15) is 0 Å². The maximum absolute atomic E-state index is 12.2. The molecule has 3 rings (SSSR count). The van der Waals surface area contributed by atoms with Crippen LogP contribution >= 0.6 is 27.3 Å². The Labute approximate surface area is 117 Å². The molecule has 0 saturated heterocycles. The van der Waals surface area contributed by atoms with Crippen LogP contribution in [0.25, 0.3) is 6.08 Å². The Kier molecular flexibility index (Phi) is 2.84. The predicted molar refractivity (Wildman–Crippen MR) is 76.1 cm³/mol. The Morgan fingerprint density at radius 3 is 2.89 bits per heavy atom. The molecule has 1 aliphatic rings. The van der Waals surface area contributed by atoms with Crippen molar-refractivity contribution in [2.45, 2.75) is 6.42 Å². The molecule has 1 aliphatic carbocycles. The molecule has 4 heteroatoms. The van der Waals surface area contributed by atoms with Crippen molar-refractivity contribution in [3.05, 3.63) is 55.7 Å². The van der Waals surface area contributed by atoms with Gasteiger partial charge in [-0.3, -0.25) is 4.79 Å². The Bertz CT molecular complexity index is 670. The van der Waals surface area contributed by atoms with E-state index < -0.39 is 0 Å². The highest BCUT2D eigenvalue weighted by Gasteiger charge is 2.26. The van der Waals surface area contributed by atoms with Gasteiger partial charge in [-0.05, 0) is 45.1 Å².